The number of furan rings is 1. The Balaban J connectivity index is 2.22. The Labute approximate surface area is 146 Å². The first kappa shape index (κ1) is 18.9. The van der Waals surface area contributed by atoms with Gasteiger partial charge in [-0.15, -0.1) is 0 Å². The van der Waals surface area contributed by atoms with E-state index in [1.807, 2.05) is 0 Å². The first-order chi connectivity index (χ1) is 11.7. The van der Waals surface area contributed by atoms with Crippen molar-refractivity contribution in [3.8, 4) is 0 Å². The number of carbonyl (C=O) groups is 2. The molecule has 0 aliphatic heterocycles. The number of hydrogen-bond acceptors (Lipinski definition) is 6. The van der Waals surface area contributed by atoms with E-state index in [9.17, 15) is 18.0 Å². The van der Waals surface area contributed by atoms with Crippen molar-refractivity contribution in [2.75, 3.05) is 0 Å². The van der Waals surface area contributed by atoms with Gasteiger partial charge in [0.2, 0.25) is 10.0 Å². The largest absolute Gasteiger partial charge is 0.468 e. The number of ketones is 1. The van der Waals surface area contributed by atoms with Gasteiger partial charge in [0.15, 0.2) is 11.9 Å². The number of sulfonamides is 1. The molecule has 0 fully saturated rings. The van der Waals surface area contributed by atoms with Crippen LogP contribution in [0, 0.1) is 6.92 Å². The molecule has 1 aromatic carbocycles. The summed E-state index contributed by atoms with van der Waals surface area (Å²) in [6, 6.07) is 7.43. The molecule has 7 nitrogen and oxygen atoms in total. The lowest BCUT2D eigenvalue weighted by molar-refractivity contribution is -0.124. The first-order valence-corrected chi connectivity index (χ1v) is 9.03. The van der Waals surface area contributed by atoms with E-state index in [0.29, 0.717) is 11.3 Å². The zero-order valence-electron chi connectivity index (χ0n) is 14.1. The van der Waals surface area contributed by atoms with Crippen LogP contribution in [0.3, 0.4) is 0 Å². The van der Waals surface area contributed by atoms with Crippen molar-refractivity contribution in [2.24, 2.45) is 0 Å². The molecule has 25 heavy (non-hydrogen) atoms. The second-order valence-electron chi connectivity index (χ2n) is 5.54. The third kappa shape index (κ3) is 4.77. The van der Waals surface area contributed by atoms with E-state index in [1.54, 1.807) is 19.1 Å². The molecule has 0 amide bonds. The van der Waals surface area contributed by atoms with Crippen LogP contribution in [0.5, 0.6) is 0 Å². The maximum atomic E-state index is 12.4. The molecule has 0 aliphatic carbocycles. The third-order valence-electron chi connectivity index (χ3n) is 3.61. The molecule has 0 saturated heterocycles. The van der Waals surface area contributed by atoms with E-state index in [4.69, 9.17) is 9.15 Å². The number of benzene rings is 1. The maximum absolute atomic E-state index is 12.4. The molecule has 1 aromatic heterocycles. The predicted octanol–water partition coefficient (Wildman–Crippen LogP) is 2.20. The zero-order valence-corrected chi connectivity index (χ0v) is 14.9. The van der Waals surface area contributed by atoms with Crippen LogP contribution in [0.2, 0.25) is 0 Å². The van der Waals surface area contributed by atoms with Crippen LogP contribution >= 0.6 is 0 Å². The summed E-state index contributed by atoms with van der Waals surface area (Å²) < 4.78 is 37.3. The van der Waals surface area contributed by atoms with E-state index in [1.165, 1.54) is 38.3 Å². The van der Waals surface area contributed by atoms with Crippen molar-refractivity contribution in [1.82, 2.24) is 4.72 Å². The topological polar surface area (TPSA) is 103 Å². The molecule has 2 rings (SSSR count). The number of aryl methyl sites for hydroxylation is 1. The van der Waals surface area contributed by atoms with Crippen molar-refractivity contribution in [1.29, 1.82) is 0 Å². The number of hydrogen-bond donors (Lipinski definition) is 1. The lowest BCUT2D eigenvalue weighted by atomic mass is 10.1. The molecular weight excluding hydrogens is 346 g/mol. The van der Waals surface area contributed by atoms with Crippen LogP contribution in [0.15, 0.2) is 45.9 Å². The highest BCUT2D eigenvalue weighted by atomic mass is 32.2. The van der Waals surface area contributed by atoms with Crippen LogP contribution in [-0.2, 0) is 26.1 Å². The molecule has 8 heteroatoms. The molecule has 1 unspecified atom stereocenters. The van der Waals surface area contributed by atoms with Crippen LogP contribution < -0.4 is 4.72 Å². The van der Waals surface area contributed by atoms with E-state index in [0.717, 1.165) is 0 Å². The molecule has 1 N–H and O–H groups in total. The van der Waals surface area contributed by atoms with Crippen LogP contribution in [0.4, 0.5) is 0 Å². The molecule has 134 valence electrons. The van der Waals surface area contributed by atoms with Crippen molar-refractivity contribution in [3.05, 3.63) is 53.5 Å². The summed E-state index contributed by atoms with van der Waals surface area (Å²) in [6.45, 7) is 4.41. The summed E-state index contributed by atoms with van der Waals surface area (Å²) in [5.41, 5.74) is 0.639. The van der Waals surface area contributed by atoms with Gasteiger partial charge in [-0.05, 0) is 50.6 Å². The fourth-order valence-corrected chi connectivity index (χ4v) is 2.98. The summed E-state index contributed by atoms with van der Waals surface area (Å²) in [5, 5.41) is 0. The normalized spacial score (nSPS) is 12.6. The second kappa shape index (κ2) is 7.62. The van der Waals surface area contributed by atoms with Gasteiger partial charge in [0.05, 0.1) is 23.3 Å². The van der Waals surface area contributed by atoms with E-state index in [2.05, 4.69) is 4.72 Å². The van der Waals surface area contributed by atoms with Crippen molar-refractivity contribution >= 4 is 21.8 Å². The molecule has 0 spiro atoms. The number of rotatable bonds is 7. The van der Waals surface area contributed by atoms with E-state index in [-0.39, 0.29) is 22.8 Å². The van der Waals surface area contributed by atoms with Gasteiger partial charge in [-0.2, -0.15) is 0 Å². The minimum Gasteiger partial charge on any atom is -0.468 e. The van der Waals surface area contributed by atoms with E-state index < -0.39 is 22.1 Å². The van der Waals surface area contributed by atoms with Gasteiger partial charge < -0.3 is 9.15 Å². The summed E-state index contributed by atoms with van der Waals surface area (Å²) in [4.78, 5) is 23.4. The summed E-state index contributed by atoms with van der Waals surface area (Å²) in [7, 11) is -3.84. The quantitative estimate of drug-likeness (QED) is 0.755. The number of ether oxygens (including phenoxy) is 1. The average Bonchev–Trinajstić information content (AvgIpc) is 3.06. The highest BCUT2D eigenvalue weighted by Crippen LogP contribution is 2.18. The lowest BCUT2D eigenvalue weighted by Gasteiger charge is -2.13. The number of carbonyl (C=O) groups excluding carboxylic acids is 2. The fraction of sp³-hybridized carbons (Fsp3) is 0.294. The Morgan fingerprint density at radius 3 is 2.60 bits per heavy atom. The van der Waals surface area contributed by atoms with Crippen molar-refractivity contribution in [3.63, 3.8) is 0 Å². The van der Waals surface area contributed by atoms with Crippen LogP contribution in [0.1, 0.15) is 35.5 Å². The third-order valence-corrected chi connectivity index (χ3v) is 5.01. The molecule has 0 saturated carbocycles. The molecule has 2 aromatic rings. The summed E-state index contributed by atoms with van der Waals surface area (Å²) in [6.07, 6.45) is 0.545. The van der Waals surface area contributed by atoms with Gasteiger partial charge in [0, 0.05) is 0 Å². The Morgan fingerprint density at radius 1 is 1.28 bits per heavy atom. The highest BCUT2D eigenvalue weighted by molar-refractivity contribution is 7.89. The Bertz CT molecular complexity index is 871. The molecule has 0 aliphatic rings. The Morgan fingerprint density at radius 2 is 2.00 bits per heavy atom. The predicted molar refractivity (Wildman–Crippen MR) is 89.5 cm³/mol. The van der Waals surface area contributed by atoms with Gasteiger partial charge in [-0.25, -0.2) is 17.9 Å². The molecule has 1 atom stereocenters. The monoisotopic (exact) mass is 365 g/mol. The van der Waals surface area contributed by atoms with Crippen molar-refractivity contribution in [2.45, 2.75) is 38.3 Å². The number of nitrogens with one attached hydrogen (secondary N) is 1. The number of esters is 1. The van der Waals surface area contributed by atoms with Gasteiger partial charge in [-0.3, -0.25) is 4.79 Å². The van der Waals surface area contributed by atoms with Crippen LogP contribution in [-0.4, -0.2) is 26.3 Å². The van der Waals surface area contributed by atoms with Gasteiger partial charge in [-0.1, -0.05) is 6.07 Å². The minimum absolute atomic E-state index is 0.00956. The van der Waals surface area contributed by atoms with Crippen molar-refractivity contribution < 1.29 is 27.2 Å². The van der Waals surface area contributed by atoms with Crippen LogP contribution in [0.25, 0.3) is 0 Å². The second-order valence-corrected chi connectivity index (χ2v) is 7.31. The Hall–Kier alpha value is -2.45. The van der Waals surface area contributed by atoms with Gasteiger partial charge in [0.1, 0.15) is 5.76 Å². The standard InChI is InChI=1S/C17H19NO6S/c1-11-6-7-15(9-16(11)17(20)24-13(3)12(2)19)25(21,22)18-10-14-5-4-8-23-14/h4-9,13,18H,10H2,1-3H3. The van der Waals surface area contributed by atoms with Gasteiger partial charge >= 0.3 is 5.97 Å². The molecule has 1 heterocycles. The maximum Gasteiger partial charge on any atom is 0.339 e. The number of Topliss-reactive ketones (excluding diaryl/α,β-unsaturated/α-hetero) is 1. The molecule has 0 bridgehead atoms. The first-order valence-electron chi connectivity index (χ1n) is 7.55. The van der Waals surface area contributed by atoms with E-state index >= 15 is 0 Å². The minimum atomic E-state index is -3.84. The molecule has 0 radical (unpaired) electrons. The SMILES string of the molecule is CC(=O)C(C)OC(=O)c1cc(S(=O)(=O)NCc2ccco2)ccc1C. The lowest BCUT2D eigenvalue weighted by Crippen LogP contribution is -2.25. The molecular formula is C17H19NO6S. The zero-order chi connectivity index (χ0) is 18.6. The Kier molecular flexibility index (Phi) is 5.76. The fourth-order valence-electron chi connectivity index (χ4n) is 1.96. The summed E-state index contributed by atoms with van der Waals surface area (Å²) in [5.74, 6) is -0.580. The highest BCUT2D eigenvalue weighted by Gasteiger charge is 2.21. The van der Waals surface area contributed by atoms with Gasteiger partial charge in [0.25, 0.3) is 0 Å². The average molecular weight is 365 g/mol. The smallest absolute Gasteiger partial charge is 0.339 e. The summed E-state index contributed by atoms with van der Waals surface area (Å²) >= 11 is 0.